The summed E-state index contributed by atoms with van der Waals surface area (Å²) in [6.07, 6.45) is 26.1. The Balaban J connectivity index is 4.58. The molecule has 11 nitrogen and oxygen atoms in total. The molecule has 0 saturated carbocycles. The van der Waals surface area contributed by atoms with E-state index in [1.54, 1.807) is 12.2 Å². The van der Waals surface area contributed by atoms with Crippen molar-refractivity contribution in [2.24, 2.45) is 5.92 Å². The minimum Gasteiger partial charge on any atom is -0.462 e. The number of ether oxygens (including phenoxy) is 2. The zero-order chi connectivity index (χ0) is 37.3. The van der Waals surface area contributed by atoms with Crippen molar-refractivity contribution in [3.8, 4) is 0 Å². The number of carbonyl (C=O) groups excluding carboxylic acids is 2. The molecular formula is C38H69O11P. The van der Waals surface area contributed by atoms with E-state index in [2.05, 4.69) is 37.4 Å². The smallest absolute Gasteiger partial charge is 0.462 e. The number of hydrogen-bond acceptors (Lipinski definition) is 10. The molecule has 2 unspecified atom stereocenters. The lowest BCUT2D eigenvalue weighted by atomic mass is 10.0. The van der Waals surface area contributed by atoms with Crippen LogP contribution in [-0.4, -0.2) is 76.9 Å². The molecule has 0 saturated heterocycles. The van der Waals surface area contributed by atoms with E-state index in [4.69, 9.17) is 19.1 Å². The van der Waals surface area contributed by atoms with Crippen LogP contribution in [-0.2, 0) is 32.7 Å². The van der Waals surface area contributed by atoms with Crippen molar-refractivity contribution in [1.29, 1.82) is 0 Å². The molecule has 0 amide bonds. The molecule has 12 heteroatoms. The summed E-state index contributed by atoms with van der Waals surface area (Å²) in [4.78, 5) is 34.7. The van der Waals surface area contributed by atoms with Crippen molar-refractivity contribution < 1.29 is 52.9 Å². The standard InChI is InChI=1S/C38H69O11P/c1-4-5-6-7-8-9-10-11-12-13-14-18-21-25-34(40)26-23-28-38(43)49-36(32-48-50(44,45)47-30-35(41)29-39)31-46-37(42)27-22-19-16-15-17-20-24-33(2)3/h11-12,14,18,21,25,33-36,39-41H,4-10,13,15-17,19-20,22-24,26-32H2,1-3H3,(H,44,45)/b12-11+,18-14+,25-21+/t34?,35-,36+/m0/s1. The van der Waals surface area contributed by atoms with Crippen molar-refractivity contribution in [2.45, 2.75) is 161 Å². The first-order valence-electron chi connectivity index (χ1n) is 18.9. The average Bonchev–Trinajstić information content (AvgIpc) is 3.08. The largest absolute Gasteiger partial charge is 0.472 e. The molecule has 0 aromatic rings. The number of phosphoric ester groups is 1. The van der Waals surface area contributed by atoms with E-state index in [1.165, 1.54) is 57.8 Å². The first-order valence-corrected chi connectivity index (χ1v) is 20.4. The van der Waals surface area contributed by atoms with Gasteiger partial charge >= 0.3 is 19.8 Å². The molecule has 0 heterocycles. The van der Waals surface area contributed by atoms with Gasteiger partial charge in [0, 0.05) is 12.8 Å². The molecular weight excluding hydrogens is 663 g/mol. The van der Waals surface area contributed by atoms with Crippen LogP contribution in [0.15, 0.2) is 36.5 Å². The van der Waals surface area contributed by atoms with Crippen LogP contribution in [0, 0.1) is 5.92 Å². The first kappa shape index (κ1) is 48.1. The molecule has 0 aliphatic carbocycles. The molecule has 0 fully saturated rings. The lowest BCUT2D eigenvalue weighted by Gasteiger charge is -2.20. The summed E-state index contributed by atoms with van der Waals surface area (Å²) in [5.74, 6) is -0.423. The fourth-order valence-corrected chi connectivity index (χ4v) is 5.62. The second-order valence-corrected chi connectivity index (χ2v) is 14.7. The van der Waals surface area contributed by atoms with Crippen LogP contribution in [0.25, 0.3) is 0 Å². The van der Waals surface area contributed by atoms with Gasteiger partial charge in [-0.2, -0.15) is 0 Å². The highest BCUT2D eigenvalue weighted by Gasteiger charge is 2.27. The molecule has 0 radical (unpaired) electrons. The summed E-state index contributed by atoms with van der Waals surface area (Å²) < 4.78 is 32.4. The van der Waals surface area contributed by atoms with E-state index in [0.717, 1.165) is 32.1 Å². The summed E-state index contributed by atoms with van der Waals surface area (Å²) in [6, 6.07) is 0. The summed E-state index contributed by atoms with van der Waals surface area (Å²) in [6.45, 7) is 4.34. The summed E-state index contributed by atoms with van der Waals surface area (Å²) in [5.41, 5.74) is 0. The highest BCUT2D eigenvalue weighted by atomic mass is 31.2. The predicted octanol–water partition coefficient (Wildman–Crippen LogP) is 8.05. The van der Waals surface area contributed by atoms with Crippen LogP contribution in [0.2, 0.25) is 0 Å². The van der Waals surface area contributed by atoms with Gasteiger partial charge in [-0.15, -0.1) is 0 Å². The van der Waals surface area contributed by atoms with Gasteiger partial charge in [-0.3, -0.25) is 18.6 Å². The maximum Gasteiger partial charge on any atom is 0.472 e. The van der Waals surface area contributed by atoms with Gasteiger partial charge in [-0.25, -0.2) is 4.57 Å². The SMILES string of the molecule is CCCCCCCC/C=C/C/C=C/C=C/C(O)CCCC(=O)O[C@H](COC(=O)CCCCCCCCC(C)C)COP(=O)(O)OC[C@@H](O)CO. The van der Waals surface area contributed by atoms with E-state index in [0.29, 0.717) is 25.2 Å². The van der Waals surface area contributed by atoms with Crippen molar-refractivity contribution in [2.75, 3.05) is 26.4 Å². The first-order chi connectivity index (χ1) is 24.0. The Labute approximate surface area is 302 Å². The van der Waals surface area contributed by atoms with Crippen LogP contribution in [0.1, 0.15) is 143 Å². The molecule has 0 bridgehead atoms. The maximum absolute atomic E-state index is 12.5. The predicted molar refractivity (Wildman–Crippen MR) is 197 cm³/mol. The molecule has 0 aromatic heterocycles. The summed E-state index contributed by atoms with van der Waals surface area (Å²) in [7, 11) is -4.66. The van der Waals surface area contributed by atoms with Gasteiger partial charge in [0.05, 0.1) is 25.9 Å². The normalized spacial score (nSPS) is 15.2. The number of esters is 2. The zero-order valence-corrected chi connectivity index (χ0v) is 32.0. The topological polar surface area (TPSA) is 169 Å². The molecule has 50 heavy (non-hydrogen) atoms. The quantitative estimate of drug-likeness (QED) is 0.0166. The van der Waals surface area contributed by atoms with Crippen molar-refractivity contribution in [3.05, 3.63) is 36.5 Å². The van der Waals surface area contributed by atoms with Crippen LogP contribution in [0.5, 0.6) is 0 Å². The van der Waals surface area contributed by atoms with Gasteiger partial charge in [0.2, 0.25) is 0 Å². The van der Waals surface area contributed by atoms with Gasteiger partial charge in [0.25, 0.3) is 0 Å². The van der Waals surface area contributed by atoms with Crippen LogP contribution >= 0.6 is 7.82 Å². The lowest BCUT2D eigenvalue weighted by Crippen LogP contribution is -2.30. The number of phosphoric acid groups is 1. The van der Waals surface area contributed by atoms with Gasteiger partial charge in [0.1, 0.15) is 12.7 Å². The number of unbranched alkanes of at least 4 members (excludes halogenated alkanes) is 11. The third kappa shape index (κ3) is 33.3. The van der Waals surface area contributed by atoms with E-state index in [1.807, 2.05) is 12.2 Å². The van der Waals surface area contributed by atoms with Crippen LogP contribution in [0.3, 0.4) is 0 Å². The van der Waals surface area contributed by atoms with Crippen molar-refractivity contribution >= 4 is 19.8 Å². The highest BCUT2D eigenvalue weighted by Crippen LogP contribution is 2.43. The Kier molecular flexibility index (Phi) is 31.8. The Morgan fingerprint density at radius 3 is 2.06 bits per heavy atom. The van der Waals surface area contributed by atoms with E-state index in [-0.39, 0.29) is 19.4 Å². The Bertz CT molecular complexity index is 966. The Hall–Kier alpha value is -1.85. The van der Waals surface area contributed by atoms with Gasteiger partial charge in [0.15, 0.2) is 6.10 Å². The second-order valence-electron chi connectivity index (χ2n) is 13.3. The average molecular weight is 733 g/mol. The van der Waals surface area contributed by atoms with Gasteiger partial charge < -0.3 is 29.7 Å². The summed E-state index contributed by atoms with van der Waals surface area (Å²) in [5, 5.41) is 28.5. The third-order valence-corrected chi connectivity index (χ3v) is 8.78. The minimum absolute atomic E-state index is 0.0399. The summed E-state index contributed by atoms with van der Waals surface area (Å²) >= 11 is 0. The number of allylic oxidation sites excluding steroid dienone is 5. The highest BCUT2D eigenvalue weighted by molar-refractivity contribution is 7.47. The third-order valence-electron chi connectivity index (χ3n) is 7.83. The van der Waals surface area contributed by atoms with Crippen LogP contribution < -0.4 is 0 Å². The molecule has 0 rings (SSSR count). The fourth-order valence-electron chi connectivity index (χ4n) is 4.83. The molecule has 0 aliphatic heterocycles. The molecule has 0 aliphatic rings. The number of aliphatic hydroxyl groups is 3. The lowest BCUT2D eigenvalue weighted by molar-refractivity contribution is -0.161. The van der Waals surface area contributed by atoms with Crippen LogP contribution in [0.4, 0.5) is 0 Å². The minimum atomic E-state index is -4.66. The Morgan fingerprint density at radius 1 is 0.720 bits per heavy atom. The van der Waals surface area contributed by atoms with Gasteiger partial charge in [-0.05, 0) is 44.4 Å². The maximum atomic E-state index is 12.5. The second kappa shape index (κ2) is 33.0. The number of rotatable bonds is 34. The zero-order valence-electron chi connectivity index (χ0n) is 31.1. The molecule has 4 N–H and O–H groups in total. The molecule has 0 spiro atoms. The fraction of sp³-hybridized carbons (Fsp3) is 0.789. The van der Waals surface area contributed by atoms with E-state index >= 15 is 0 Å². The number of carbonyl (C=O) groups is 2. The van der Waals surface area contributed by atoms with E-state index < -0.39 is 57.9 Å². The Morgan fingerprint density at radius 2 is 1.36 bits per heavy atom. The molecule has 4 atom stereocenters. The molecule has 292 valence electrons. The number of aliphatic hydroxyl groups excluding tert-OH is 3. The number of hydrogen-bond donors (Lipinski definition) is 4. The molecule has 0 aromatic carbocycles. The monoisotopic (exact) mass is 732 g/mol. The van der Waals surface area contributed by atoms with E-state index in [9.17, 15) is 29.3 Å². The van der Waals surface area contributed by atoms with Crippen molar-refractivity contribution in [1.82, 2.24) is 0 Å². The van der Waals surface area contributed by atoms with Crippen molar-refractivity contribution in [3.63, 3.8) is 0 Å². The van der Waals surface area contributed by atoms with Gasteiger partial charge in [-0.1, -0.05) is 128 Å².